The molecule has 4 nitrogen and oxygen atoms in total. The number of benzene rings is 1. The Morgan fingerprint density at radius 2 is 2.21 bits per heavy atom. The van der Waals surface area contributed by atoms with Crippen molar-refractivity contribution >= 4 is 23.1 Å². The van der Waals surface area contributed by atoms with Crippen LogP contribution >= 0.6 is 11.6 Å². The van der Waals surface area contributed by atoms with Crippen molar-refractivity contribution in [2.24, 2.45) is 0 Å². The molecule has 0 aliphatic heterocycles. The van der Waals surface area contributed by atoms with Crippen molar-refractivity contribution in [2.45, 2.75) is 6.42 Å². The largest absolute Gasteiger partial charge is 0.497 e. The Morgan fingerprint density at radius 3 is 2.84 bits per heavy atom. The monoisotopic (exact) mass is 276 g/mol. The number of ketones is 1. The molecular weight excluding hydrogens is 264 g/mol. The molecule has 0 bridgehead atoms. The van der Waals surface area contributed by atoms with E-state index in [0.29, 0.717) is 22.0 Å². The molecule has 0 aliphatic carbocycles. The molecule has 5 heteroatoms. The number of nitrogen functional groups attached to an aromatic ring is 1. The van der Waals surface area contributed by atoms with Crippen LogP contribution in [-0.2, 0) is 6.42 Å². The maximum Gasteiger partial charge on any atom is 0.169 e. The fourth-order valence-corrected chi connectivity index (χ4v) is 1.92. The quantitative estimate of drug-likeness (QED) is 0.689. The van der Waals surface area contributed by atoms with Gasteiger partial charge in [0.15, 0.2) is 5.78 Å². The lowest BCUT2D eigenvalue weighted by Crippen LogP contribution is -2.07. The van der Waals surface area contributed by atoms with E-state index in [9.17, 15) is 4.79 Å². The van der Waals surface area contributed by atoms with Gasteiger partial charge in [-0.1, -0.05) is 11.6 Å². The SMILES string of the molecule is COc1ccc(C(=O)Cc2ccncc2Cl)c(N)c1. The molecule has 0 fully saturated rings. The number of nitrogens with zero attached hydrogens (tertiary/aromatic N) is 1. The molecule has 1 heterocycles. The Balaban J connectivity index is 2.23. The standard InChI is InChI=1S/C14H13ClN2O2/c1-19-10-2-3-11(13(16)7-10)14(18)6-9-4-5-17-8-12(9)15/h2-5,7-8H,6,16H2,1H3. The van der Waals surface area contributed by atoms with Gasteiger partial charge in [-0.3, -0.25) is 9.78 Å². The zero-order chi connectivity index (χ0) is 13.8. The highest BCUT2D eigenvalue weighted by Gasteiger charge is 2.13. The van der Waals surface area contributed by atoms with Gasteiger partial charge in [0.2, 0.25) is 0 Å². The molecule has 0 saturated heterocycles. The van der Waals surface area contributed by atoms with Gasteiger partial charge in [-0.15, -0.1) is 0 Å². The Morgan fingerprint density at radius 1 is 1.42 bits per heavy atom. The van der Waals surface area contributed by atoms with Crippen molar-refractivity contribution in [2.75, 3.05) is 12.8 Å². The Kier molecular flexibility index (Phi) is 4.02. The first-order chi connectivity index (χ1) is 9.11. The van der Waals surface area contributed by atoms with Gasteiger partial charge in [0.1, 0.15) is 5.75 Å². The minimum atomic E-state index is -0.0896. The van der Waals surface area contributed by atoms with Crippen molar-refractivity contribution in [1.82, 2.24) is 4.98 Å². The van der Waals surface area contributed by atoms with E-state index in [1.807, 2.05) is 0 Å². The molecule has 0 amide bonds. The molecular formula is C14H13ClN2O2. The number of rotatable bonds is 4. The van der Waals surface area contributed by atoms with E-state index in [4.69, 9.17) is 22.1 Å². The van der Waals surface area contributed by atoms with Crippen molar-refractivity contribution < 1.29 is 9.53 Å². The molecule has 1 aromatic carbocycles. The maximum atomic E-state index is 12.2. The average Bonchev–Trinajstić information content (AvgIpc) is 2.41. The number of aromatic nitrogens is 1. The molecule has 1 aromatic heterocycles. The van der Waals surface area contributed by atoms with Crippen LogP contribution < -0.4 is 10.5 Å². The summed E-state index contributed by atoms with van der Waals surface area (Å²) in [5.74, 6) is 0.532. The van der Waals surface area contributed by atoms with Crippen LogP contribution in [0.15, 0.2) is 36.7 Å². The normalized spacial score (nSPS) is 10.2. The van der Waals surface area contributed by atoms with Crippen LogP contribution in [0.4, 0.5) is 5.69 Å². The van der Waals surface area contributed by atoms with Gasteiger partial charge in [-0.05, 0) is 23.8 Å². The number of carbonyl (C=O) groups is 1. The second-order valence-corrected chi connectivity index (χ2v) is 4.43. The number of pyridine rings is 1. The van der Waals surface area contributed by atoms with E-state index < -0.39 is 0 Å². The summed E-state index contributed by atoms with van der Waals surface area (Å²) in [6.45, 7) is 0. The van der Waals surface area contributed by atoms with Gasteiger partial charge in [0, 0.05) is 36.1 Å². The zero-order valence-electron chi connectivity index (χ0n) is 10.4. The molecule has 19 heavy (non-hydrogen) atoms. The number of hydrogen-bond acceptors (Lipinski definition) is 4. The Bertz CT molecular complexity index is 614. The molecule has 0 aliphatic rings. The van der Waals surface area contributed by atoms with E-state index in [1.165, 1.54) is 6.20 Å². The van der Waals surface area contributed by atoms with E-state index >= 15 is 0 Å². The van der Waals surface area contributed by atoms with E-state index in [2.05, 4.69) is 4.98 Å². The summed E-state index contributed by atoms with van der Waals surface area (Å²) in [5, 5.41) is 0.475. The molecule has 2 rings (SSSR count). The summed E-state index contributed by atoms with van der Waals surface area (Å²) in [6, 6.07) is 6.71. The third-order valence-electron chi connectivity index (χ3n) is 2.77. The van der Waals surface area contributed by atoms with E-state index in [-0.39, 0.29) is 12.2 Å². The van der Waals surface area contributed by atoms with Crippen molar-refractivity contribution in [1.29, 1.82) is 0 Å². The summed E-state index contributed by atoms with van der Waals surface area (Å²) < 4.78 is 5.05. The number of methoxy groups -OCH3 is 1. The van der Waals surface area contributed by atoms with Gasteiger partial charge in [0.05, 0.1) is 12.1 Å². The first-order valence-electron chi connectivity index (χ1n) is 5.67. The van der Waals surface area contributed by atoms with E-state index in [1.54, 1.807) is 37.6 Å². The minimum Gasteiger partial charge on any atom is -0.497 e. The van der Waals surface area contributed by atoms with Gasteiger partial charge in [0.25, 0.3) is 0 Å². The molecule has 98 valence electrons. The third-order valence-corrected chi connectivity index (χ3v) is 3.11. The van der Waals surface area contributed by atoms with Crippen LogP contribution in [0.1, 0.15) is 15.9 Å². The van der Waals surface area contributed by atoms with E-state index in [0.717, 1.165) is 5.56 Å². The first-order valence-corrected chi connectivity index (χ1v) is 6.04. The number of hydrogen-bond donors (Lipinski definition) is 1. The van der Waals surface area contributed by atoms with Crippen LogP contribution in [0.5, 0.6) is 5.75 Å². The molecule has 0 saturated carbocycles. The molecule has 2 aromatic rings. The lowest BCUT2D eigenvalue weighted by atomic mass is 10.0. The molecule has 0 unspecified atom stereocenters. The summed E-state index contributed by atoms with van der Waals surface area (Å²) in [5.41, 5.74) is 7.44. The number of Topliss-reactive ketones (excluding diaryl/α,β-unsaturated/α-hetero) is 1. The fraction of sp³-hybridized carbons (Fsp3) is 0.143. The second kappa shape index (κ2) is 5.71. The van der Waals surface area contributed by atoms with Crippen molar-refractivity contribution in [3.05, 3.63) is 52.8 Å². The minimum absolute atomic E-state index is 0.0896. The van der Waals surface area contributed by atoms with Crippen LogP contribution in [0, 0.1) is 0 Å². The lowest BCUT2D eigenvalue weighted by molar-refractivity contribution is 0.0994. The number of halogens is 1. The fourth-order valence-electron chi connectivity index (χ4n) is 1.74. The number of ether oxygens (including phenoxy) is 1. The number of anilines is 1. The van der Waals surface area contributed by atoms with Crippen LogP contribution in [-0.4, -0.2) is 17.9 Å². The summed E-state index contributed by atoms with van der Waals surface area (Å²) in [6.07, 6.45) is 3.31. The van der Waals surface area contributed by atoms with Crippen LogP contribution in [0.2, 0.25) is 5.02 Å². The first kappa shape index (κ1) is 13.4. The maximum absolute atomic E-state index is 12.2. The highest BCUT2D eigenvalue weighted by molar-refractivity contribution is 6.31. The molecule has 0 radical (unpaired) electrons. The van der Waals surface area contributed by atoms with Crippen molar-refractivity contribution in [3.63, 3.8) is 0 Å². The van der Waals surface area contributed by atoms with Crippen LogP contribution in [0.3, 0.4) is 0 Å². The predicted octanol–water partition coefficient (Wildman–Crippen LogP) is 2.75. The predicted molar refractivity (Wildman–Crippen MR) is 74.7 cm³/mol. The lowest BCUT2D eigenvalue weighted by Gasteiger charge is -2.08. The summed E-state index contributed by atoms with van der Waals surface area (Å²) in [7, 11) is 1.55. The molecule has 0 spiro atoms. The number of carbonyl (C=O) groups excluding carboxylic acids is 1. The van der Waals surface area contributed by atoms with Crippen LogP contribution in [0.25, 0.3) is 0 Å². The van der Waals surface area contributed by atoms with Gasteiger partial charge >= 0.3 is 0 Å². The highest BCUT2D eigenvalue weighted by atomic mass is 35.5. The van der Waals surface area contributed by atoms with Crippen molar-refractivity contribution in [3.8, 4) is 5.75 Å². The summed E-state index contributed by atoms with van der Waals surface area (Å²) in [4.78, 5) is 16.1. The van der Waals surface area contributed by atoms with Gasteiger partial charge < -0.3 is 10.5 Å². The number of nitrogens with two attached hydrogens (primary N) is 1. The third kappa shape index (κ3) is 3.03. The van der Waals surface area contributed by atoms with Gasteiger partial charge in [-0.25, -0.2) is 0 Å². The zero-order valence-corrected chi connectivity index (χ0v) is 11.1. The molecule has 2 N–H and O–H groups in total. The summed E-state index contributed by atoms with van der Waals surface area (Å²) >= 11 is 5.98. The second-order valence-electron chi connectivity index (χ2n) is 4.02. The Hall–Kier alpha value is -2.07. The topological polar surface area (TPSA) is 65.2 Å². The van der Waals surface area contributed by atoms with Gasteiger partial charge in [-0.2, -0.15) is 0 Å². The average molecular weight is 277 g/mol. The Labute approximate surface area is 116 Å². The highest BCUT2D eigenvalue weighted by Crippen LogP contribution is 2.22. The molecule has 0 atom stereocenters. The smallest absolute Gasteiger partial charge is 0.169 e.